The summed E-state index contributed by atoms with van der Waals surface area (Å²) in [4.78, 5) is 23.7. The van der Waals surface area contributed by atoms with Gasteiger partial charge in [-0.15, -0.1) is 0 Å². The van der Waals surface area contributed by atoms with Gasteiger partial charge in [0.05, 0.1) is 0 Å². The van der Waals surface area contributed by atoms with Crippen molar-refractivity contribution in [2.24, 2.45) is 5.92 Å². The Bertz CT molecular complexity index is 782. The van der Waals surface area contributed by atoms with Gasteiger partial charge in [-0.05, 0) is 43.2 Å². The highest BCUT2D eigenvalue weighted by atomic mass is 16.2. The minimum Gasteiger partial charge on any atom is -0.330 e. The number of benzene rings is 2. The van der Waals surface area contributed by atoms with E-state index in [-0.39, 0.29) is 23.9 Å². The molecule has 2 aromatic rings. The SMILES string of the molecule is CCc1ccc([C@@H]([NH2+][C@@H](C)C(=O)Nc2ccc(NC(C)=O)cc2)C(C)C)cc1. The second kappa shape index (κ2) is 10.0. The number of rotatable bonds is 8. The Morgan fingerprint density at radius 1 is 0.893 bits per heavy atom. The molecular formula is C23H32N3O2+. The fourth-order valence-electron chi connectivity index (χ4n) is 3.19. The van der Waals surface area contributed by atoms with E-state index in [1.165, 1.54) is 18.1 Å². The molecule has 0 radical (unpaired) electrons. The molecule has 0 saturated heterocycles. The molecule has 0 spiro atoms. The molecule has 0 unspecified atom stereocenters. The van der Waals surface area contributed by atoms with Crippen LogP contribution in [0.25, 0.3) is 0 Å². The molecule has 0 aliphatic carbocycles. The van der Waals surface area contributed by atoms with Crippen LogP contribution < -0.4 is 16.0 Å². The highest BCUT2D eigenvalue weighted by molar-refractivity contribution is 5.94. The van der Waals surface area contributed by atoms with Gasteiger partial charge in [0.15, 0.2) is 6.04 Å². The number of nitrogens with two attached hydrogens (primary N) is 1. The molecule has 5 heteroatoms. The summed E-state index contributed by atoms with van der Waals surface area (Å²) in [6, 6.07) is 15.8. The highest BCUT2D eigenvalue weighted by Gasteiger charge is 2.25. The lowest BCUT2D eigenvalue weighted by Crippen LogP contribution is -2.93. The fourth-order valence-corrected chi connectivity index (χ4v) is 3.19. The third kappa shape index (κ3) is 6.20. The minimum atomic E-state index is -0.228. The predicted octanol–water partition coefficient (Wildman–Crippen LogP) is 3.50. The van der Waals surface area contributed by atoms with Crippen LogP contribution in [0, 0.1) is 5.92 Å². The van der Waals surface area contributed by atoms with Gasteiger partial charge < -0.3 is 16.0 Å². The average Bonchev–Trinajstić information content (AvgIpc) is 2.67. The summed E-state index contributed by atoms with van der Waals surface area (Å²) in [7, 11) is 0. The van der Waals surface area contributed by atoms with E-state index in [0.29, 0.717) is 17.3 Å². The zero-order valence-electron chi connectivity index (χ0n) is 17.5. The van der Waals surface area contributed by atoms with Crippen molar-refractivity contribution >= 4 is 23.2 Å². The first kappa shape index (κ1) is 21.6. The molecule has 0 aliphatic heterocycles. The zero-order valence-corrected chi connectivity index (χ0v) is 17.5. The summed E-state index contributed by atoms with van der Waals surface area (Å²) in [5, 5.41) is 7.80. The molecule has 0 aliphatic rings. The van der Waals surface area contributed by atoms with Crippen LogP contribution in [0.2, 0.25) is 0 Å². The zero-order chi connectivity index (χ0) is 20.7. The Morgan fingerprint density at radius 2 is 1.43 bits per heavy atom. The number of anilines is 2. The van der Waals surface area contributed by atoms with Crippen LogP contribution in [0.15, 0.2) is 48.5 Å². The van der Waals surface area contributed by atoms with E-state index in [4.69, 9.17) is 0 Å². The Hall–Kier alpha value is -2.66. The molecule has 0 saturated carbocycles. The van der Waals surface area contributed by atoms with Crippen LogP contribution in [-0.2, 0) is 16.0 Å². The average molecular weight is 383 g/mol. The lowest BCUT2D eigenvalue weighted by atomic mass is 9.94. The molecule has 2 amide bonds. The van der Waals surface area contributed by atoms with Crippen molar-refractivity contribution in [3.63, 3.8) is 0 Å². The molecule has 0 bridgehead atoms. The Labute approximate surface area is 167 Å². The van der Waals surface area contributed by atoms with Crippen molar-refractivity contribution in [3.8, 4) is 0 Å². The lowest BCUT2D eigenvalue weighted by molar-refractivity contribution is -0.718. The van der Waals surface area contributed by atoms with Crippen molar-refractivity contribution < 1.29 is 14.9 Å². The summed E-state index contributed by atoms with van der Waals surface area (Å²) >= 11 is 0. The highest BCUT2D eigenvalue weighted by Crippen LogP contribution is 2.19. The summed E-state index contributed by atoms with van der Waals surface area (Å²) in [6.45, 7) is 9.90. The van der Waals surface area contributed by atoms with E-state index in [0.717, 1.165) is 6.42 Å². The van der Waals surface area contributed by atoms with Gasteiger partial charge in [0, 0.05) is 29.8 Å². The first-order valence-electron chi connectivity index (χ1n) is 9.92. The van der Waals surface area contributed by atoms with Crippen LogP contribution >= 0.6 is 0 Å². The number of aryl methyl sites for hydroxylation is 1. The molecule has 150 valence electrons. The first-order valence-corrected chi connectivity index (χ1v) is 9.92. The van der Waals surface area contributed by atoms with Crippen molar-refractivity contribution in [2.75, 3.05) is 10.6 Å². The van der Waals surface area contributed by atoms with Gasteiger partial charge >= 0.3 is 0 Å². The summed E-state index contributed by atoms with van der Waals surface area (Å²) < 4.78 is 0. The van der Waals surface area contributed by atoms with Crippen LogP contribution in [0.1, 0.15) is 51.8 Å². The first-order chi connectivity index (χ1) is 13.3. The minimum absolute atomic E-state index is 0.0388. The van der Waals surface area contributed by atoms with Gasteiger partial charge in [-0.1, -0.05) is 45.0 Å². The van der Waals surface area contributed by atoms with E-state index in [9.17, 15) is 9.59 Å². The van der Waals surface area contributed by atoms with Crippen molar-refractivity contribution in [3.05, 3.63) is 59.7 Å². The topological polar surface area (TPSA) is 74.8 Å². The van der Waals surface area contributed by atoms with Gasteiger partial charge in [-0.3, -0.25) is 9.59 Å². The third-order valence-corrected chi connectivity index (χ3v) is 4.87. The van der Waals surface area contributed by atoms with Crippen LogP contribution in [-0.4, -0.2) is 17.9 Å². The number of amides is 2. The van der Waals surface area contributed by atoms with Gasteiger partial charge in [0.2, 0.25) is 5.91 Å². The van der Waals surface area contributed by atoms with Crippen molar-refractivity contribution in [1.29, 1.82) is 0 Å². The second-order valence-electron chi connectivity index (χ2n) is 7.59. The van der Waals surface area contributed by atoms with Gasteiger partial charge in [-0.2, -0.15) is 0 Å². The Balaban J connectivity index is 2.01. The molecule has 0 heterocycles. The van der Waals surface area contributed by atoms with E-state index >= 15 is 0 Å². The summed E-state index contributed by atoms with van der Waals surface area (Å²) in [5.74, 6) is 0.245. The number of carbonyl (C=O) groups excluding carboxylic acids is 2. The molecule has 2 aromatic carbocycles. The maximum absolute atomic E-state index is 12.7. The maximum Gasteiger partial charge on any atom is 0.282 e. The van der Waals surface area contributed by atoms with E-state index in [1.807, 2.05) is 6.92 Å². The Morgan fingerprint density at radius 3 is 1.89 bits per heavy atom. The summed E-state index contributed by atoms with van der Waals surface area (Å²) in [5.41, 5.74) is 3.99. The molecule has 2 atom stereocenters. The molecule has 0 fully saturated rings. The standard InChI is InChI=1S/C23H31N3O2/c1-6-18-7-9-19(10-8-18)22(15(2)3)24-16(4)23(28)26-21-13-11-20(12-14-21)25-17(5)27/h7-16,22,24H,6H2,1-5H3,(H,25,27)(H,26,28)/p+1/t16-,22-/m0/s1. The van der Waals surface area contributed by atoms with Gasteiger partial charge in [-0.25, -0.2) is 0 Å². The second-order valence-corrected chi connectivity index (χ2v) is 7.59. The quantitative estimate of drug-likeness (QED) is 0.654. The van der Waals surface area contributed by atoms with Crippen molar-refractivity contribution in [1.82, 2.24) is 0 Å². The number of nitrogens with one attached hydrogen (secondary N) is 2. The number of hydrogen-bond donors (Lipinski definition) is 3. The molecule has 5 nitrogen and oxygen atoms in total. The van der Waals surface area contributed by atoms with Gasteiger partial charge in [0.1, 0.15) is 6.04 Å². The predicted molar refractivity (Wildman–Crippen MR) is 114 cm³/mol. The summed E-state index contributed by atoms with van der Waals surface area (Å²) in [6.07, 6.45) is 1.02. The fraction of sp³-hybridized carbons (Fsp3) is 0.391. The smallest absolute Gasteiger partial charge is 0.282 e. The normalized spacial score (nSPS) is 13.1. The van der Waals surface area contributed by atoms with Crippen LogP contribution in [0.5, 0.6) is 0 Å². The number of hydrogen-bond acceptors (Lipinski definition) is 2. The maximum atomic E-state index is 12.7. The van der Waals surface area contributed by atoms with Crippen LogP contribution in [0.4, 0.5) is 11.4 Å². The van der Waals surface area contributed by atoms with E-state index < -0.39 is 0 Å². The van der Waals surface area contributed by atoms with E-state index in [2.05, 4.69) is 61.0 Å². The third-order valence-electron chi connectivity index (χ3n) is 4.87. The van der Waals surface area contributed by atoms with Gasteiger partial charge in [0.25, 0.3) is 5.91 Å². The monoisotopic (exact) mass is 382 g/mol. The Kier molecular flexibility index (Phi) is 7.76. The molecule has 28 heavy (non-hydrogen) atoms. The van der Waals surface area contributed by atoms with Crippen molar-refractivity contribution in [2.45, 2.75) is 53.1 Å². The molecular weight excluding hydrogens is 350 g/mol. The van der Waals surface area contributed by atoms with E-state index in [1.54, 1.807) is 24.3 Å². The van der Waals surface area contributed by atoms with Crippen LogP contribution in [0.3, 0.4) is 0 Å². The molecule has 4 N–H and O–H groups in total. The molecule has 0 aromatic heterocycles. The lowest BCUT2D eigenvalue weighted by Gasteiger charge is -2.23. The largest absolute Gasteiger partial charge is 0.330 e. The molecule has 2 rings (SSSR count). The number of quaternary nitrogens is 1. The number of carbonyl (C=O) groups is 2.